The van der Waals surface area contributed by atoms with Crippen molar-refractivity contribution in [2.24, 2.45) is 17.8 Å². The quantitative estimate of drug-likeness (QED) is 0.391. The number of rotatable bonds is 5. The summed E-state index contributed by atoms with van der Waals surface area (Å²) in [4.78, 5) is 16.4. The molecule has 124 valence electrons. The minimum atomic E-state index is -0.393. The van der Waals surface area contributed by atoms with Crippen LogP contribution < -0.4 is 5.73 Å². The van der Waals surface area contributed by atoms with E-state index in [2.05, 4.69) is 10.1 Å². The van der Waals surface area contributed by atoms with Crippen LogP contribution in [0.4, 0.5) is 0 Å². The van der Waals surface area contributed by atoms with E-state index < -0.39 is 5.91 Å². The van der Waals surface area contributed by atoms with E-state index in [9.17, 15) is 4.79 Å². The number of hydrogen-bond acceptors (Lipinski definition) is 3. The molecule has 0 saturated heterocycles. The molecule has 1 amide bonds. The van der Waals surface area contributed by atoms with E-state index in [1.54, 1.807) is 14.2 Å². The van der Waals surface area contributed by atoms with Gasteiger partial charge in [-0.25, -0.2) is 0 Å². The second-order valence-electron chi connectivity index (χ2n) is 5.05. The fourth-order valence-electron chi connectivity index (χ4n) is 2.00. The van der Waals surface area contributed by atoms with Crippen LogP contribution in [0.1, 0.15) is 35.6 Å². The Balaban J connectivity index is 3.12. The summed E-state index contributed by atoms with van der Waals surface area (Å²) in [7, 11) is 3.35. The van der Waals surface area contributed by atoms with Crippen molar-refractivity contribution in [1.29, 1.82) is 0 Å². The topological polar surface area (TPSA) is 82.5 Å². The van der Waals surface area contributed by atoms with Crippen LogP contribution in [0.15, 0.2) is 28.3 Å². The van der Waals surface area contributed by atoms with E-state index in [-0.39, 0.29) is 5.84 Å². The zero-order valence-corrected chi connectivity index (χ0v) is 17.2. The number of nitrogens with zero attached hydrogens (tertiary/aromatic N) is 3. The molecule has 0 aliphatic rings. The van der Waals surface area contributed by atoms with Gasteiger partial charge < -0.3 is 0 Å². The van der Waals surface area contributed by atoms with Gasteiger partial charge in [-0.3, -0.25) is 0 Å². The molecule has 0 bridgehead atoms. The van der Waals surface area contributed by atoms with E-state index >= 15 is 0 Å². The van der Waals surface area contributed by atoms with Crippen LogP contribution in [0, 0.1) is 13.8 Å². The molecule has 7 heteroatoms. The molecule has 0 saturated carbocycles. The summed E-state index contributed by atoms with van der Waals surface area (Å²) in [5.41, 5.74) is 9.68. The normalized spacial score (nSPS) is 13.4. The second-order valence-corrected chi connectivity index (χ2v) is 6.38. The summed E-state index contributed by atoms with van der Waals surface area (Å²) < 4.78 is 7.64. The molecule has 1 aromatic rings. The molecule has 0 aromatic carbocycles. The first-order valence-electron chi connectivity index (χ1n) is 7.04. The number of allylic oxidation sites excluding steroid dienone is 1. The zero-order valence-electron chi connectivity index (χ0n) is 14.3. The summed E-state index contributed by atoms with van der Waals surface area (Å²) in [6.07, 6.45) is 3.79. The van der Waals surface area contributed by atoms with Crippen molar-refractivity contribution < 1.29 is 28.9 Å². The fourth-order valence-corrected chi connectivity index (χ4v) is 2.63. The van der Waals surface area contributed by atoms with Crippen LogP contribution in [0.5, 0.6) is 0 Å². The Morgan fingerprint density at radius 3 is 2.48 bits per heavy atom. The average Bonchev–Trinajstić information content (AvgIpc) is 2.76. The van der Waals surface area contributed by atoms with E-state index in [1.807, 2.05) is 39.8 Å². The number of hydrogen-bond donors (Lipinski definition) is 1. The Morgan fingerprint density at radius 2 is 2.04 bits per heavy atom. The van der Waals surface area contributed by atoms with Gasteiger partial charge in [-0.15, -0.1) is 0 Å². The van der Waals surface area contributed by atoms with Crippen molar-refractivity contribution in [2.75, 3.05) is 7.11 Å². The third-order valence-electron chi connectivity index (χ3n) is 3.45. The van der Waals surface area contributed by atoms with Gasteiger partial charge >= 0.3 is 147 Å². The van der Waals surface area contributed by atoms with Crippen LogP contribution in [0.25, 0.3) is 0 Å². The van der Waals surface area contributed by atoms with Gasteiger partial charge in [0.05, 0.1) is 0 Å². The van der Waals surface area contributed by atoms with Gasteiger partial charge in [-0.05, 0) is 0 Å². The number of aromatic nitrogens is 2. The molecule has 23 heavy (non-hydrogen) atoms. The number of ether oxygens (including phenoxy) is 1. The molecule has 0 aliphatic carbocycles. The standard InChI is InChI=1S/C16H22N4O2.W/c1-7-13(9-22-6)8-10(2)15(17)18-16(21)14-11(3)12(4)19-20(14)5;/h7-8H,1-6H3,(H2,17,18,21);/b10-8+,13-7+;. The van der Waals surface area contributed by atoms with Crippen LogP contribution in [-0.4, -0.2) is 32.7 Å². The number of amidine groups is 1. The summed E-state index contributed by atoms with van der Waals surface area (Å²) in [5, 5.41) is 4.22. The first kappa shape index (κ1) is 19.4. The maximum atomic E-state index is 12.4. The van der Waals surface area contributed by atoms with Gasteiger partial charge in [-0.1, -0.05) is 0 Å². The molecule has 0 spiro atoms. The van der Waals surface area contributed by atoms with E-state index in [4.69, 9.17) is 10.5 Å². The van der Waals surface area contributed by atoms with Crippen molar-refractivity contribution >= 4 is 15.8 Å². The van der Waals surface area contributed by atoms with Crippen molar-refractivity contribution in [3.05, 3.63) is 40.2 Å². The van der Waals surface area contributed by atoms with E-state index in [1.165, 1.54) is 24.0 Å². The molecule has 0 atom stereocenters. The predicted octanol–water partition coefficient (Wildman–Crippen LogP) is 1.75. The Hall–Kier alpha value is -1.65. The third-order valence-corrected chi connectivity index (χ3v) is 4.90. The van der Waals surface area contributed by atoms with Crippen molar-refractivity contribution in [2.45, 2.75) is 27.7 Å². The van der Waals surface area contributed by atoms with Crippen molar-refractivity contribution in [3.63, 3.8) is 0 Å². The molecule has 2 N–H and O–H groups in total. The molecule has 0 radical (unpaired) electrons. The number of methoxy groups -OCH3 is 1. The van der Waals surface area contributed by atoms with Crippen molar-refractivity contribution in [3.8, 4) is 0 Å². The Labute approximate surface area is 147 Å². The molecule has 1 aromatic heterocycles. The van der Waals surface area contributed by atoms with E-state index in [0.717, 1.165) is 20.9 Å². The Morgan fingerprint density at radius 1 is 1.43 bits per heavy atom. The number of aryl methyl sites for hydroxylation is 2. The van der Waals surface area contributed by atoms with Gasteiger partial charge in [0, 0.05) is 0 Å². The van der Waals surface area contributed by atoms with Gasteiger partial charge in [0.15, 0.2) is 0 Å². The molecule has 0 aliphatic heterocycles. The molecule has 1 heterocycles. The van der Waals surface area contributed by atoms with Crippen LogP contribution in [0.3, 0.4) is 0 Å². The Kier molecular flexibility index (Phi) is 6.97. The summed E-state index contributed by atoms with van der Waals surface area (Å²) in [5.74, 6) is -0.206. The van der Waals surface area contributed by atoms with Gasteiger partial charge in [0.1, 0.15) is 0 Å². The Bertz CT molecular complexity index is 727. The van der Waals surface area contributed by atoms with Crippen LogP contribution in [0.2, 0.25) is 0 Å². The summed E-state index contributed by atoms with van der Waals surface area (Å²) >= 11 is 1.22. The third kappa shape index (κ3) is 4.66. The molecule has 1 rings (SSSR count). The van der Waals surface area contributed by atoms with Gasteiger partial charge in [0.25, 0.3) is 0 Å². The SMILES string of the molecule is C/C=C(\C=C(/C)C(N)=NC(=O)c1c(C)c(C)nn1C)[C](=[W])OC. The number of carbonyl (C=O) groups is 1. The number of carbonyl (C=O) groups excluding carboxylic acids is 1. The average molecular weight is 486 g/mol. The number of amides is 1. The maximum absolute atomic E-state index is 12.4. The van der Waals surface area contributed by atoms with E-state index in [0.29, 0.717) is 11.3 Å². The minimum absolute atomic E-state index is 0.187. The first-order chi connectivity index (χ1) is 10.7. The van der Waals surface area contributed by atoms with Crippen molar-refractivity contribution in [1.82, 2.24) is 9.78 Å². The molecule has 6 nitrogen and oxygen atoms in total. The monoisotopic (exact) mass is 486 g/mol. The predicted molar refractivity (Wildman–Crippen MR) is 88.2 cm³/mol. The summed E-state index contributed by atoms with van der Waals surface area (Å²) in [6.45, 7) is 7.44. The van der Waals surface area contributed by atoms with Gasteiger partial charge in [0.2, 0.25) is 0 Å². The first-order valence-corrected chi connectivity index (χ1v) is 8.51. The summed E-state index contributed by atoms with van der Waals surface area (Å²) in [6, 6.07) is 0. The molecule has 0 unspecified atom stereocenters. The van der Waals surface area contributed by atoms with Crippen LogP contribution in [-0.2, 0) is 31.1 Å². The molecular weight excluding hydrogens is 464 g/mol. The van der Waals surface area contributed by atoms with Gasteiger partial charge in [-0.2, -0.15) is 0 Å². The zero-order chi connectivity index (χ0) is 17.7. The number of aliphatic imine (C=N–C) groups is 1. The molecule has 0 fully saturated rings. The fraction of sp³-hybridized carbons (Fsp3) is 0.375. The second kappa shape index (κ2) is 8.27. The molecular formula is C16H22N4O2W. The number of nitrogens with two attached hydrogens (primary N) is 1. The van der Waals surface area contributed by atoms with Crippen LogP contribution >= 0.6 is 0 Å².